The van der Waals surface area contributed by atoms with Crippen molar-refractivity contribution < 1.29 is 14.6 Å². The zero-order chi connectivity index (χ0) is 14.7. The summed E-state index contributed by atoms with van der Waals surface area (Å²) < 4.78 is 11.1. The summed E-state index contributed by atoms with van der Waals surface area (Å²) in [6.07, 6.45) is 0. The average molecular weight is 281 g/mol. The van der Waals surface area contributed by atoms with Crippen LogP contribution in [0.3, 0.4) is 0 Å². The first-order valence-electron chi connectivity index (χ1n) is 6.61. The minimum Gasteiger partial charge on any atom is -0.497 e. The van der Waals surface area contributed by atoms with E-state index in [0.717, 1.165) is 16.7 Å². The van der Waals surface area contributed by atoms with E-state index in [-0.39, 0.29) is 6.61 Å². The Morgan fingerprint density at radius 2 is 1.71 bits per heavy atom. The lowest BCUT2D eigenvalue weighted by molar-refractivity contribution is 0.277. The van der Waals surface area contributed by atoms with Crippen molar-refractivity contribution in [1.82, 2.24) is 4.98 Å². The lowest BCUT2D eigenvalue weighted by atomic mass is 10.2. The summed E-state index contributed by atoms with van der Waals surface area (Å²) in [5, 5.41) is 10.2. The molecule has 4 nitrogen and oxygen atoms in total. The molecule has 4 heteroatoms. The maximum atomic E-state index is 9.32. The number of aromatic nitrogens is 1. The molecular formula is C17H15NO3. The molecule has 0 saturated carbocycles. The molecule has 2 aromatic carbocycles. The maximum absolute atomic E-state index is 9.32. The van der Waals surface area contributed by atoms with E-state index in [4.69, 9.17) is 9.47 Å². The molecule has 0 radical (unpaired) electrons. The van der Waals surface area contributed by atoms with Crippen LogP contribution in [0.25, 0.3) is 10.9 Å². The van der Waals surface area contributed by atoms with E-state index >= 15 is 0 Å². The number of methoxy groups -OCH3 is 1. The molecule has 1 N–H and O–H groups in total. The molecule has 0 unspecified atom stereocenters. The molecule has 0 fully saturated rings. The van der Waals surface area contributed by atoms with Crippen LogP contribution >= 0.6 is 0 Å². The highest BCUT2D eigenvalue weighted by Crippen LogP contribution is 2.30. The summed E-state index contributed by atoms with van der Waals surface area (Å²) in [7, 11) is 1.62. The van der Waals surface area contributed by atoms with Crippen molar-refractivity contribution >= 4 is 10.9 Å². The predicted octanol–water partition coefficient (Wildman–Crippen LogP) is 3.53. The first-order chi connectivity index (χ1) is 10.3. The monoisotopic (exact) mass is 281 g/mol. The largest absolute Gasteiger partial charge is 0.497 e. The number of hydrogen-bond acceptors (Lipinski definition) is 4. The van der Waals surface area contributed by atoms with Gasteiger partial charge in [-0.2, -0.15) is 0 Å². The van der Waals surface area contributed by atoms with Crippen molar-refractivity contribution in [2.45, 2.75) is 6.61 Å². The molecule has 3 aromatic rings. The minimum atomic E-state index is -0.121. The number of para-hydroxylation sites is 1. The van der Waals surface area contributed by atoms with Crippen molar-refractivity contribution in [2.24, 2.45) is 0 Å². The summed E-state index contributed by atoms with van der Waals surface area (Å²) in [4.78, 5) is 4.37. The van der Waals surface area contributed by atoms with Crippen molar-refractivity contribution in [3.05, 3.63) is 60.3 Å². The van der Waals surface area contributed by atoms with Crippen LogP contribution in [0.15, 0.2) is 54.6 Å². The van der Waals surface area contributed by atoms with Gasteiger partial charge in [-0.15, -0.1) is 0 Å². The molecule has 3 rings (SSSR count). The van der Waals surface area contributed by atoms with Gasteiger partial charge in [0.25, 0.3) is 0 Å². The molecule has 0 aliphatic carbocycles. The number of aliphatic hydroxyl groups excluding tert-OH is 1. The van der Waals surface area contributed by atoms with E-state index in [2.05, 4.69) is 4.98 Å². The van der Waals surface area contributed by atoms with Crippen molar-refractivity contribution in [3.8, 4) is 17.2 Å². The number of nitrogens with zero attached hydrogens (tertiary/aromatic N) is 1. The highest BCUT2D eigenvalue weighted by molar-refractivity contribution is 5.85. The molecule has 0 saturated heterocycles. The zero-order valence-electron chi connectivity index (χ0n) is 11.6. The van der Waals surface area contributed by atoms with Crippen LogP contribution < -0.4 is 9.47 Å². The van der Waals surface area contributed by atoms with Crippen molar-refractivity contribution in [2.75, 3.05) is 7.11 Å². The first kappa shape index (κ1) is 13.4. The van der Waals surface area contributed by atoms with Gasteiger partial charge in [0.1, 0.15) is 17.2 Å². The van der Waals surface area contributed by atoms with Gasteiger partial charge in [-0.1, -0.05) is 12.1 Å². The third-order valence-corrected chi connectivity index (χ3v) is 3.18. The quantitative estimate of drug-likeness (QED) is 0.795. The van der Waals surface area contributed by atoms with E-state index in [9.17, 15) is 5.11 Å². The number of fused-ring (bicyclic) bond motifs is 1. The molecule has 0 aliphatic rings. The van der Waals surface area contributed by atoms with E-state index in [1.165, 1.54) is 0 Å². The Hall–Kier alpha value is -2.59. The second-order valence-electron chi connectivity index (χ2n) is 4.56. The summed E-state index contributed by atoms with van der Waals surface area (Å²) in [5.74, 6) is 2.16. The molecule has 1 aromatic heterocycles. The van der Waals surface area contributed by atoms with Gasteiger partial charge in [0.2, 0.25) is 0 Å². The first-order valence-corrected chi connectivity index (χ1v) is 6.61. The molecule has 0 amide bonds. The number of ether oxygens (including phenoxy) is 2. The molecule has 0 spiro atoms. The molecule has 0 aliphatic heterocycles. The summed E-state index contributed by atoms with van der Waals surface area (Å²) in [6, 6.07) is 16.8. The molecular weight excluding hydrogens is 266 g/mol. The fourth-order valence-corrected chi connectivity index (χ4v) is 2.13. The normalized spacial score (nSPS) is 10.6. The minimum absolute atomic E-state index is 0.121. The topological polar surface area (TPSA) is 51.6 Å². The smallest absolute Gasteiger partial charge is 0.138 e. The van der Waals surface area contributed by atoms with Gasteiger partial charge >= 0.3 is 0 Å². The highest BCUT2D eigenvalue weighted by Gasteiger charge is 2.07. The molecule has 21 heavy (non-hydrogen) atoms. The van der Waals surface area contributed by atoms with Gasteiger partial charge in [0, 0.05) is 11.5 Å². The van der Waals surface area contributed by atoms with E-state index in [0.29, 0.717) is 17.2 Å². The van der Waals surface area contributed by atoms with Gasteiger partial charge in [-0.25, -0.2) is 0 Å². The Morgan fingerprint density at radius 1 is 1.00 bits per heavy atom. The van der Waals surface area contributed by atoms with Gasteiger partial charge in [0.05, 0.1) is 24.9 Å². The number of rotatable bonds is 4. The van der Waals surface area contributed by atoms with Crippen LogP contribution in [0.4, 0.5) is 0 Å². The summed E-state index contributed by atoms with van der Waals surface area (Å²) >= 11 is 0. The van der Waals surface area contributed by atoms with Crippen molar-refractivity contribution in [3.63, 3.8) is 0 Å². The maximum Gasteiger partial charge on any atom is 0.138 e. The fraction of sp³-hybridized carbons (Fsp3) is 0.118. The van der Waals surface area contributed by atoms with E-state index in [1.807, 2.05) is 48.5 Å². The number of benzene rings is 2. The second-order valence-corrected chi connectivity index (χ2v) is 4.56. The zero-order valence-corrected chi connectivity index (χ0v) is 11.6. The molecule has 1 heterocycles. The summed E-state index contributed by atoms with van der Waals surface area (Å²) in [6.45, 7) is -0.121. The Balaban J connectivity index is 2.01. The molecule has 0 bridgehead atoms. The number of aliphatic hydroxyl groups is 1. The molecule has 106 valence electrons. The van der Waals surface area contributed by atoms with E-state index < -0.39 is 0 Å². The van der Waals surface area contributed by atoms with Crippen molar-refractivity contribution in [1.29, 1.82) is 0 Å². The Bertz CT molecular complexity index is 754. The Kier molecular flexibility index (Phi) is 3.71. The average Bonchev–Trinajstić information content (AvgIpc) is 2.55. The number of pyridine rings is 1. The fourth-order valence-electron chi connectivity index (χ4n) is 2.13. The van der Waals surface area contributed by atoms with Crippen LogP contribution in [0.1, 0.15) is 5.69 Å². The van der Waals surface area contributed by atoms with Crippen LogP contribution in [0.2, 0.25) is 0 Å². The lowest BCUT2D eigenvalue weighted by Crippen LogP contribution is -1.94. The van der Waals surface area contributed by atoms with Crippen LogP contribution in [-0.2, 0) is 6.61 Å². The van der Waals surface area contributed by atoms with Gasteiger partial charge in [0.15, 0.2) is 0 Å². The summed E-state index contributed by atoms with van der Waals surface area (Å²) in [5.41, 5.74) is 1.38. The van der Waals surface area contributed by atoms with Crippen LogP contribution in [0.5, 0.6) is 17.2 Å². The van der Waals surface area contributed by atoms with Gasteiger partial charge in [-0.05, 0) is 36.4 Å². The third kappa shape index (κ3) is 2.80. The third-order valence-electron chi connectivity index (χ3n) is 3.18. The second kappa shape index (κ2) is 5.81. The lowest BCUT2D eigenvalue weighted by Gasteiger charge is -2.10. The predicted molar refractivity (Wildman–Crippen MR) is 80.7 cm³/mol. The van der Waals surface area contributed by atoms with Gasteiger partial charge < -0.3 is 14.6 Å². The Labute approximate surface area is 122 Å². The van der Waals surface area contributed by atoms with Crippen LogP contribution in [0, 0.1) is 0 Å². The Morgan fingerprint density at radius 3 is 2.43 bits per heavy atom. The highest BCUT2D eigenvalue weighted by atomic mass is 16.5. The van der Waals surface area contributed by atoms with Crippen LogP contribution in [-0.4, -0.2) is 17.2 Å². The van der Waals surface area contributed by atoms with E-state index in [1.54, 1.807) is 13.2 Å². The standard InChI is InChI=1S/C17H15NO3/c1-20-13-6-8-14(9-7-13)21-17-10-12(11-19)18-16-5-3-2-4-15(16)17/h2-10,19H,11H2,1H3. The van der Waals surface area contributed by atoms with Gasteiger partial charge in [-0.3, -0.25) is 4.98 Å². The molecule has 0 atom stereocenters. The SMILES string of the molecule is COc1ccc(Oc2cc(CO)nc3ccccc23)cc1. The number of hydrogen-bond donors (Lipinski definition) is 1.